The monoisotopic (exact) mass is 411 g/mol. The number of benzene rings is 2. The van der Waals surface area contributed by atoms with Gasteiger partial charge in [-0.15, -0.1) is 0 Å². The second-order valence-electron chi connectivity index (χ2n) is 7.73. The second-order valence-corrected chi connectivity index (χ2v) is 8.17. The highest BCUT2D eigenvalue weighted by molar-refractivity contribution is 6.31. The van der Waals surface area contributed by atoms with Crippen molar-refractivity contribution < 1.29 is 19.4 Å². The van der Waals surface area contributed by atoms with Crippen molar-refractivity contribution in [3.05, 3.63) is 71.3 Å². The molecule has 2 saturated heterocycles. The Morgan fingerprint density at radius 3 is 2.48 bits per heavy atom. The Balaban J connectivity index is 1.32. The maximum Gasteiger partial charge on any atom is 0.292 e. The SMILES string of the molecule is O=C1C[C@@H]([NH+]2CC[NH+](C/C=C\c3ccccc3)CC2)C(=O)N1c1cccc(Cl)c1. The standard InChI is InChI=1S/C23H24ClN3O2/c24-19-9-4-10-20(16-19)27-22(28)17-21(23(27)29)26-14-12-25(13-15-26)11-5-8-18-6-2-1-3-7-18/h1-10,16,21H,11-15,17H2/p+2/b8-5-/t21-/m1/s1. The molecule has 0 saturated carbocycles. The second kappa shape index (κ2) is 8.91. The van der Waals surface area contributed by atoms with Gasteiger partial charge in [0.05, 0.1) is 18.7 Å². The number of nitrogens with zero attached hydrogens (tertiary/aromatic N) is 1. The van der Waals surface area contributed by atoms with Gasteiger partial charge in [0, 0.05) is 5.02 Å². The first-order valence-corrected chi connectivity index (χ1v) is 10.5. The van der Waals surface area contributed by atoms with E-state index in [1.807, 2.05) is 18.2 Å². The van der Waals surface area contributed by atoms with E-state index in [-0.39, 0.29) is 24.3 Å². The summed E-state index contributed by atoms with van der Waals surface area (Å²) in [5, 5.41) is 0.527. The summed E-state index contributed by atoms with van der Waals surface area (Å²) < 4.78 is 0. The highest BCUT2D eigenvalue weighted by atomic mass is 35.5. The quantitative estimate of drug-likeness (QED) is 0.703. The van der Waals surface area contributed by atoms with Crippen LogP contribution in [0, 0.1) is 0 Å². The van der Waals surface area contributed by atoms with Crippen LogP contribution in [0.25, 0.3) is 6.08 Å². The van der Waals surface area contributed by atoms with Crippen LogP contribution in [0.2, 0.25) is 5.02 Å². The minimum Gasteiger partial charge on any atom is -0.322 e. The Labute approximate surface area is 176 Å². The van der Waals surface area contributed by atoms with Crippen LogP contribution >= 0.6 is 11.6 Å². The van der Waals surface area contributed by atoms with E-state index in [4.69, 9.17) is 11.6 Å². The molecule has 1 atom stereocenters. The lowest BCUT2D eigenvalue weighted by atomic mass is 10.1. The molecule has 0 aromatic heterocycles. The van der Waals surface area contributed by atoms with Crippen LogP contribution in [0.1, 0.15) is 12.0 Å². The van der Waals surface area contributed by atoms with Gasteiger partial charge in [-0.25, -0.2) is 4.90 Å². The van der Waals surface area contributed by atoms with Crippen LogP contribution < -0.4 is 14.7 Å². The number of hydrogen-bond donors (Lipinski definition) is 2. The van der Waals surface area contributed by atoms with Crippen LogP contribution in [0.15, 0.2) is 60.7 Å². The highest BCUT2D eigenvalue weighted by Gasteiger charge is 2.46. The van der Waals surface area contributed by atoms with Gasteiger partial charge in [0.25, 0.3) is 5.91 Å². The third-order valence-electron chi connectivity index (χ3n) is 5.82. The molecule has 2 N–H and O–H groups in total. The number of amides is 2. The molecule has 0 aliphatic carbocycles. The number of anilines is 1. The van der Waals surface area contributed by atoms with E-state index in [0.717, 1.165) is 32.7 Å². The van der Waals surface area contributed by atoms with Gasteiger partial charge in [-0.1, -0.05) is 54.1 Å². The molecule has 2 heterocycles. The topological polar surface area (TPSA) is 46.3 Å². The average Bonchev–Trinajstić information content (AvgIpc) is 3.03. The fraction of sp³-hybridized carbons (Fsp3) is 0.304. The minimum atomic E-state index is -0.275. The molecule has 29 heavy (non-hydrogen) atoms. The Morgan fingerprint density at radius 1 is 1.00 bits per heavy atom. The summed E-state index contributed by atoms with van der Waals surface area (Å²) in [5.41, 5.74) is 1.79. The molecule has 0 unspecified atom stereocenters. The molecule has 150 valence electrons. The van der Waals surface area contributed by atoms with Crippen molar-refractivity contribution in [1.82, 2.24) is 0 Å². The van der Waals surface area contributed by atoms with Crippen molar-refractivity contribution in [2.45, 2.75) is 12.5 Å². The molecule has 0 spiro atoms. The van der Waals surface area contributed by atoms with Gasteiger partial charge in [-0.2, -0.15) is 0 Å². The maximum absolute atomic E-state index is 13.0. The Bertz CT molecular complexity index is 907. The number of halogens is 1. The smallest absolute Gasteiger partial charge is 0.292 e. The summed E-state index contributed by atoms with van der Waals surface area (Å²) in [6.07, 6.45) is 4.67. The van der Waals surface area contributed by atoms with Crippen molar-refractivity contribution >= 4 is 35.2 Å². The van der Waals surface area contributed by atoms with E-state index in [9.17, 15) is 9.59 Å². The molecule has 2 amide bonds. The first-order valence-electron chi connectivity index (χ1n) is 10.1. The molecule has 2 fully saturated rings. The van der Waals surface area contributed by atoms with Gasteiger partial charge in [-0.3, -0.25) is 9.59 Å². The van der Waals surface area contributed by atoms with Crippen molar-refractivity contribution in [3.63, 3.8) is 0 Å². The number of carbonyl (C=O) groups is 2. The number of nitrogens with one attached hydrogen (secondary N) is 2. The van der Waals surface area contributed by atoms with Crippen molar-refractivity contribution in [3.8, 4) is 0 Å². The fourth-order valence-electron chi connectivity index (χ4n) is 4.24. The Hall–Kier alpha value is -2.47. The van der Waals surface area contributed by atoms with E-state index < -0.39 is 0 Å². The van der Waals surface area contributed by atoms with Gasteiger partial charge in [-0.05, 0) is 29.8 Å². The molecule has 5 nitrogen and oxygen atoms in total. The lowest BCUT2D eigenvalue weighted by molar-refractivity contribution is -1.02. The molecule has 6 heteroatoms. The molecular formula is C23H26ClN3O2+2. The molecule has 2 aliphatic heterocycles. The van der Waals surface area contributed by atoms with Crippen molar-refractivity contribution in [1.29, 1.82) is 0 Å². The summed E-state index contributed by atoms with van der Waals surface area (Å²) in [6.45, 7) is 4.80. The summed E-state index contributed by atoms with van der Waals surface area (Å²) in [7, 11) is 0. The van der Waals surface area contributed by atoms with Crippen LogP contribution in [0.5, 0.6) is 0 Å². The lowest BCUT2D eigenvalue weighted by Gasteiger charge is -2.31. The number of piperazine rings is 1. The summed E-state index contributed by atoms with van der Waals surface area (Å²) in [6, 6.07) is 17.0. The van der Waals surface area contributed by atoms with Crippen LogP contribution in [-0.4, -0.2) is 50.6 Å². The van der Waals surface area contributed by atoms with Crippen molar-refractivity contribution in [2.75, 3.05) is 37.6 Å². The van der Waals surface area contributed by atoms with Gasteiger partial charge in [0.15, 0.2) is 6.04 Å². The van der Waals surface area contributed by atoms with Gasteiger partial charge >= 0.3 is 0 Å². The van der Waals surface area contributed by atoms with E-state index in [0.29, 0.717) is 10.7 Å². The predicted molar refractivity (Wildman–Crippen MR) is 114 cm³/mol. The van der Waals surface area contributed by atoms with E-state index in [1.165, 1.54) is 20.3 Å². The minimum absolute atomic E-state index is 0.0975. The van der Waals surface area contributed by atoms with Crippen LogP contribution in [0.4, 0.5) is 5.69 Å². The van der Waals surface area contributed by atoms with E-state index >= 15 is 0 Å². The van der Waals surface area contributed by atoms with Crippen molar-refractivity contribution in [2.24, 2.45) is 0 Å². The molecule has 0 radical (unpaired) electrons. The average molecular weight is 412 g/mol. The van der Waals surface area contributed by atoms with E-state index in [2.05, 4.69) is 24.3 Å². The molecular weight excluding hydrogens is 386 g/mol. The number of hydrogen-bond acceptors (Lipinski definition) is 2. The highest BCUT2D eigenvalue weighted by Crippen LogP contribution is 2.24. The zero-order chi connectivity index (χ0) is 20.2. The lowest BCUT2D eigenvalue weighted by Crippen LogP contribution is -3.30. The van der Waals surface area contributed by atoms with Crippen LogP contribution in [0.3, 0.4) is 0 Å². The fourth-order valence-corrected chi connectivity index (χ4v) is 4.42. The first-order chi connectivity index (χ1) is 14.1. The zero-order valence-corrected chi connectivity index (χ0v) is 17.1. The third kappa shape index (κ3) is 4.58. The summed E-state index contributed by atoms with van der Waals surface area (Å²) in [5.74, 6) is -0.227. The molecule has 0 bridgehead atoms. The molecule has 2 aromatic rings. The largest absolute Gasteiger partial charge is 0.322 e. The van der Waals surface area contributed by atoms with Gasteiger partial charge in [0.2, 0.25) is 5.91 Å². The first kappa shape index (κ1) is 19.8. The third-order valence-corrected chi connectivity index (χ3v) is 6.06. The zero-order valence-electron chi connectivity index (χ0n) is 16.3. The summed E-state index contributed by atoms with van der Waals surface area (Å²) >= 11 is 6.04. The summed E-state index contributed by atoms with van der Waals surface area (Å²) in [4.78, 5) is 29.5. The Kier molecular flexibility index (Phi) is 6.09. The van der Waals surface area contributed by atoms with Gasteiger partial charge in [0.1, 0.15) is 26.2 Å². The molecule has 4 rings (SSSR count). The molecule has 2 aromatic carbocycles. The van der Waals surface area contributed by atoms with E-state index in [1.54, 1.807) is 24.3 Å². The number of rotatable bonds is 5. The normalized spacial score (nSPS) is 25.1. The Morgan fingerprint density at radius 2 is 1.76 bits per heavy atom. The number of quaternary nitrogens is 2. The maximum atomic E-state index is 13.0. The predicted octanol–water partition coefficient (Wildman–Crippen LogP) is 0.469. The number of carbonyl (C=O) groups excluding carboxylic acids is 2. The van der Waals surface area contributed by atoms with Crippen LogP contribution in [-0.2, 0) is 9.59 Å². The molecule has 2 aliphatic rings. The van der Waals surface area contributed by atoms with Gasteiger partial charge < -0.3 is 9.80 Å². The number of imide groups is 1.